The second-order valence-electron chi connectivity index (χ2n) is 8.50. The van der Waals surface area contributed by atoms with E-state index in [1.54, 1.807) is 6.33 Å². The molecule has 4 aromatic rings. The molecule has 3 heterocycles. The number of benzene rings is 2. The van der Waals surface area contributed by atoms with Crippen molar-refractivity contribution in [3.05, 3.63) is 78.8 Å². The number of hydrogen-bond donors (Lipinski definition) is 1. The summed E-state index contributed by atoms with van der Waals surface area (Å²) in [5.74, 6) is 1.42. The third-order valence-corrected chi connectivity index (χ3v) is 6.09. The normalized spacial score (nSPS) is 14.2. The van der Waals surface area contributed by atoms with E-state index >= 15 is 0 Å². The van der Waals surface area contributed by atoms with Crippen molar-refractivity contribution in [1.29, 1.82) is 0 Å². The Labute approximate surface area is 204 Å². The van der Waals surface area contributed by atoms with Crippen LogP contribution in [0.3, 0.4) is 0 Å². The summed E-state index contributed by atoms with van der Waals surface area (Å²) in [5.41, 5.74) is 2.11. The molecule has 0 bridgehead atoms. The summed E-state index contributed by atoms with van der Waals surface area (Å²) >= 11 is 0. The number of rotatable bonds is 9. The molecule has 5 rings (SSSR count). The molecule has 1 aliphatic heterocycles. The van der Waals surface area contributed by atoms with Gasteiger partial charge in [-0.3, -0.25) is 9.69 Å². The number of carbonyl (C=O) groups is 1. The number of anilines is 1. The highest BCUT2D eigenvalue weighted by molar-refractivity contribution is 5.86. The van der Waals surface area contributed by atoms with Gasteiger partial charge in [0.1, 0.15) is 17.9 Å². The lowest BCUT2D eigenvalue weighted by Crippen LogP contribution is -2.46. The zero-order valence-electron chi connectivity index (χ0n) is 19.6. The highest BCUT2D eigenvalue weighted by Crippen LogP contribution is 2.24. The van der Waals surface area contributed by atoms with Crippen LogP contribution in [0.25, 0.3) is 11.0 Å². The third kappa shape index (κ3) is 5.75. The first-order chi connectivity index (χ1) is 17.3. The molecule has 0 unspecified atom stereocenters. The molecule has 0 saturated carbocycles. The van der Waals surface area contributed by atoms with Gasteiger partial charge in [0, 0.05) is 39.3 Å². The Hall–Kier alpha value is -3.98. The van der Waals surface area contributed by atoms with E-state index < -0.39 is 0 Å². The minimum atomic E-state index is -0.172. The SMILES string of the molecule is O=C(COc1ccccc1)NCCn1ncc2c(N3CCN(Cc4ccccc4)CC3)ncnc21. The number of aromatic nitrogens is 4. The van der Waals surface area contributed by atoms with Crippen molar-refractivity contribution >= 4 is 22.8 Å². The highest BCUT2D eigenvalue weighted by atomic mass is 16.5. The van der Waals surface area contributed by atoms with Crippen molar-refractivity contribution < 1.29 is 9.53 Å². The second kappa shape index (κ2) is 11.0. The highest BCUT2D eigenvalue weighted by Gasteiger charge is 2.21. The standard InChI is InChI=1S/C26H29N7O2/c34-24(19-35-22-9-5-2-6-10-22)27-11-12-33-26-23(17-30-33)25(28-20-29-26)32-15-13-31(14-16-32)18-21-7-3-1-4-8-21/h1-10,17,20H,11-16,18-19H2,(H,27,34). The monoisotopic (exact) mass is 471 g/mol. The molecule has 1 saturated heterocycles. The number of nitrogens with one attached hydrogen (secondary N) is 1. The van der Waals surface area contributed by atoms with Crippen molar-refractivity contribution in [2.24, 2.45) is 0 Å². The minimum Gasteiger partial charge on any atom is -0.484 e. The van der Waals surface area contributed by atoms with Crippen LogP contribution in [0.2, 0.25) is 0 Å². The summed E-state index contributed by atoms with van der Waals surface area (Å²) in [6.07, 6.45) is 3.42. The maximum Gasteiger partial charge on any atom is 0.258 e. The van der Waals surface area contributed by atoms with Crippen molar-refractivity contribution in [2.45, 2.75) is 13.1 Å². The van der Waals surface area contributed by atoms with Crippen LogP contribution >= 0.6 is 0 Å². The molecule has 1 fully saturated rings. The lowest BCUT2D eigenvalue weighted by atomic mass is 10.2. The number of carbonyl (C=O) groups excluding carboxylic acids is 1. The molecule has 2 aromatic heterocycles. The average Bonchev–Trinajstić information content (AvgIpc) is 3.32. The van der Waals surface area contributed by atoms with Gasteiger partial charge >= 0.3 is 0 Å². The fraction of sp³-hybridized carbons (Fsp3) is 0.308. The number of para-hydroxylation sites is 1. The Morgan fingerprint density at radius 1 is 0.943 bits per heavy atom. The third-order valence-electron chi connectivity index (χ3n) is 6.09. The van der Waals surface area contributed by atoms with E-state index in [0.29, 0.717) is 18.8 Å². The lowest BCUT2D eigenvalue weighted by Gasteiger charge is -2.35. The van der Waals surface area contributed by atoms with Crippen molar-refractivity contribution in [3.63, 3.8) is 0 Å². The van der Waals surface area contributed by atoms with Crippen LogP contribution in [0, 0.1) is 0 Å². The Bertz CT molecular complexity index is 1240. The summed E-state index contributed by atoms with van der Waals surface area (Å²) < 4.78 is 7.30. The van der Waals surface area contributed by atoms with Gasteiger partial charge in [-0.05, 0) is 17.7 Å². The molecule has 0 radical (unpaired) electrons. The van der Waals surface area contributed by atoms with Gasteiger partial charge in [0.15, 0.2) is 12.3 Å². The first-order valence-corrected chi connectivity index (χ1v) is 11.9. The molecule has 9 heteroatoms. The zero-order chi connectivity index (χ0) is 23.9. The number of amides is 1. The smallest absolute Gasteiger partial charge is 0.258 e. The largest absolute Gasteiger partial charge is 0.484 e. The molecule has 0 atom stereocenters. The molecule has 2 aromatic carbocycles. The summed E-state index contributed by atoms with van der Waals surface area (Å²) in [5, 5.41) is 8.31. The maximum atomic E-state index is 12.1. The van der Waals surface area contributed by atoms with E-state index in [-0.39, 0.29) is 12.5 Å². The van der Waals surface area contributed by atoms with Crippen LogP contribution < -0.4 is 15.0 Å². The van der Waals surface area contributed by atoms with E-state index in [9.17, 15) is 4.79 Å². The van der Waals surface area contributed by atoms with Gasteiger partial charge in [0.2, 0.25) is 0 Å². The van der Waals surface area contributed by atoms with Crippen LogP contribution in [0.1, 0.15) is 5.56 Å². The van der Waals surface area contributed by atoms with E-state index in [1.165, 1.54) is 5.56 Å². The summed E-state index contributed by atoms with van der Waals surface area (Å²) in [7, 11) is 0. The molecule has 0 aliphatic carbocycles. The Morgan fingerprint density at radius 3 is 2.46 bits per heavy atom. The lowest BCUT2D eigenvalue weighted by molar-refractivity contribution is -0.123. The predicted octanol–water partition coefficient (Wildman–Crippen LogP) is 2.34. The van der Waals surface area contributed by atoms with Gasteiger partial charge in [0.25, 0.3) is 5.91 Å². The van der Waals surface area contributed by atoms with Crippen molar-refractivity contribution in [3.8, 4) is 5.75 Å². The van der Waals surface area contributed by atoms with E-state index in [2.05, 4.69) is 60.5 Å². The van der Waals surface area contributed by atoms with Crippen LogP contribution in [0.15, 0.2) is 73.2 Å². The van der Waals surface area contributed by atoms with Gasteiger partial charge in [-0.25, -0.2) is 14.6 Å². The van der Waals surface area contributed by atoms with Gasteiger partial charge < -0.3 is 15.0 Å². The van der Waals surface area contributed by atoms with Gasteiger partial charge in [0.05, 0.1) is 18.1 Å². The Morgan fingerprint density at radius 2 is 1.69 bits per heavy atom. The summed E-state index contributed by atoms with van der Waals surface area (Å²) in [4.78, 5) is 25.9. The average molecular weight is 472 g/mol. The first-order valence-electron chi connectivity index (χ1n) is 11.9. The van der Waals surface area contributed by atoms with Crippen LogP contribution in [-0.2, 0) is 17.9 Å². The molecule has 0 spiro atoms. The molecular weight excluding hydrogens is 442 g/mol. The minimum absolute atomic E-state index is 0.0214. The molecule has 1 amide bonds. The number of ether oxygens (including phenoxy) is 1. The van der Waals surface area contributed by atoms with Crippen LogP contribution in [-0.4, -0.2) is 69.9 Å². The Kier molecular flexibility index (Phi) is 7.14. The summed E-state index contributed by atoms with van der Waals surface area (Å²) in [6, 6.07) is 19.9. The van der Waals surface area contributed by atoms with Crippen molar-refractivity contribution in [1.82, 2.24) is 30.0 Å². The molecule has 35 heavy (non-hydrogen) atoms. The predicted molar refractivity (Wildman–Crippen MR) is 134 cm³/mol. The van der Waals surface area contributed by atoms with E-state index in [4.69, 9.17) is 4.74 Å². The fourth-order valence-corrected chi connectivity index (χ4v) is 4.27. The van der Waals surface area contributed by atoms with E-state index in [1.807, 2.05) is 41.2 Å². The molecule has 9 nitrogen and oxygen atoms in total. The molecule has 1 N–H and O–H groups in total. The van der Waals surface area contributed by atoms with Crippen LogP contribution in [0.5, 0.6) is 5.75 Å². The van der Waals surface area contributed by atoms with E-state index in [0.717, 1.165) is 49.6 Å². The topological polar surface area (TPSA) is 88.4 Å². The number of piperazine rings is 1. The molecular formula is C26H29N7O2. The first kappa shape index (κ1) is 22.8. The van der Waals surface area contributed by atoms with Crippen molar-refractivity contribution in [2.75, 3.05) is 44.2 Å². The van der Waals surface area contributed by atoms with Crippen LogP contribution in [0.4, 0.5) is 5.82 Å². The second-order valence-corrected chi connectivity index (χ2v) is 8.50. The number of hydrogen-bond acceptors (Lipinski definition) is 7. The Balaban J connectivity index is 1.14. The zero-order valence-corrected chi connectivity index (χ0v) is 19.6. The number of fused-ring (bicyclic) bond motifs is 1. The van der Waals surface area contributed by atoms with Gasteiger partial charge in [-0.2, -0.15) is 5.10 Å². The number of nitrogens with zero attached hydrogens (tertiary/aromatic N) is 6. The van der Waals surface area contributed by atoms with Gasteiger partial charge in [-0.15, -0.1) is 0 Å². The van der Waals surface area contributed by atoms with Gasteiger partial charge in [-0.1, -0.05) is 48.5 Å². The molecule has 1 aliphatic rings. The fourth-order valence-electron chi connectivity index (χ4n) is 4.27. The maximum absolute atomic E-state index is 12.1. The quantitative estimate of drug-likeness (QED) is 0.401. The summed E-state index contributed by atoms with van der Waals surface area (Å²) in [6.45, 7) is 5.66. The molecule has 180 valence electrons.